The van der Waals surface area contributed by atoms with Crippen LogP contribution in [0, 0.1) is 0 Å². The Labute approximate surface area is 246 Å². The molecule has 43 heavy (non-hydrogen) atoms. The van der Waals surface area contributed by atoms with Gasteiger partial charge in [-0.05, 0) is 41.0 Å². The van der Waals surface area contributed by atoms with Crippen molar-refractivity contribution in [1.82, 2.24) is 14.7 Å². The fourth-order valence-corrected chi connectivity index (χ4v) is 5.64. The van der Waals surface area contributed by atoms with E-state index in [1.807, 2.05) is 42.5 Å². The second-order valence-corrected chi connectivity index (χ2v) is 11.0. The number of carbonyl (C=O) groups is 1. The number of alkyl halides is 6. The average molecular weight is 606 g/mol. The molecule has 0 N–H and O–H groups in total. The van der Waals surface area contributed by atoms with Crippen LogP contribution in [0.2, 0.25) is 0 Å². The molecule has 2 saturated heterocycles. The number of nitrogens with zero attached hydrogens (tertiary/aromatic N) is 3. The third-order valence-electron chi connectivity index (χ3n) is 7.95. The van der Waals surface area contributed by atoms with Gasteiger partial charge >= 0.3 is 12.4 Å². The molecule has 3 aromatic carbocycles. The Morgan fingerprint density at radius 1 is 0.767 bits per heavy atom. The fourth-order valence-electron chi connectivity index (χ4n) is 5.64. The van der Waals surface area contributed by atoms with E-state index in [2.05, 4.69) is 22.0 Å². The van der Waals surface area contributed by atoms with E-state index >= 15 is 0 Å². The highest BCUT2D eigenvalue weighted by Crippen LogP contribution is 2.37. The highest BCUT2D eigenvalue weighted by Gasteiger charge is 2.39. The molecule has 5 nitrogen and oxygen atoms in total. The third-order valence-corrected chi connectivity index (χ3v) is 7.95. The molecular formula is C32H33F6N3O2. The molecule has 2 aliphatic rings. The number of amides is 1. The summed E-state index contributed by atoms with van der Waals surface area (Å²) in [6.07, 6.45) is -5.53. The van der Waals surface area contributed by atoms with Crippen LogP contribution in [0.1, 0.15) is 27.0 Å². The molecule has 230 valence electrons. The van der Waals surface area contributed by atoms with Crippen LogP contribution in [0.4, 0.5) is 26.3 Å². The Bertz CT molecular complexity index is 1420. The quantitative estimate of drug-likeness (QED) is 0.240. The highest BCUT2D eigenvalue weighted by atomic mass is 19.4. The minimum absolute atomic E-state index is 0.0462. The monoisotopic (exact) mass is 605 g/mol. The topological polar surface area (TPSA) is 36.0 Å². The maximum atomic E-state index is 13.7. The molecule has 0 aliphatic carbocycles. The first-order valence-electron chi connectivity index (χ1n) is 14.2. The highest BCUT2D eigenvalue weighted by molar-refractivity contribution is 5.95. The van der Waals surface area contributed by atoms with Crippen LogP contribution in [0.5, 0.6) is 0 Å². The summed E-state index contributed by atoms with van der Waals surface area (Å²) in [7, 11) is 0. The van der Waals surface area contributed by atoms with Crippen LogP contribution in [0.25, 0.3) is 10.8 Å². The Balaban J connectivity index is 1.38. The second-order valence-electron chi connectivity index (χ2n) is 11.0. The van der Waals surface area contributed by atoms with E-state index in [4.69, 9.17) is 4.74 Å². The van der Waals surface area contributed by atoms with E-state index in [0.29, 0.717) is 51.4 Å². The molecule has 2 fully saturated rings. The maximum absolute atomic E-state index is 13.7. The van der Waals surface area contributed by atoms with Crippen molar-refractivity contribution in [2.24, 2.45) is 0 Å². The molecule has 0 spiro atoms. The van der Waals surface area contributed by atoms with E-state index in [1.165, 1.54) is 4.90 Å². The fraction of sp³-hybridized carbons (Fsp3) is 0.406. The van der Waals surface area contributed by atoms with Crippen LogP contribution in [0.3, 0.4) is 0 Å². The van der Waals surface area contributed by atoms with Crippen molar-refractivity contribution >= 4 is 16.7 Å². The van der Waals surface area contributed by atoms with Crippen LogP contribution in [-0.2, 0) is 23.5 Å². The zero-order chi connectivity index (χ0) is 30.6. The van der Waals surface area contributed by atoms with Crippen molar-refractivity contribution in [3.05, 3.63) is 95.1 Å². The van der Waals surface area contributed by atoms with Gasteiger partial charge in [-0.1, -0.05) is 54.6 Å². The standard InChI is InChI=1S/C32H33F6N3O2/c33-31(34,35)27-19-26(20-28(21-27)32(36,37)38)30(42)41-12-11-40(10-4-3-9-39-13-15-43-16-14-39)22-29(41)18-23-7-8-24-5-1-2-6-25(24)17-23/h1-8,17,19-21,29H,9-16,18,22H2/t29-/m1/s1. The van der Waals surface area contributed by atoms with Crippen molar-refractivity contribution in [3.8, 4) is 0 Å². The van der Waals surface area contributed by atoms with E-state index < -0.39 is 41.0 Å². The molecule has 1 atom stereocenters. The summed E-state index contributed by atoms with van der Waals surface area (Å²) >= 11 is 0. The van der Waals surface area contributed by atoms with Crippen LogP contribution >= 0.6 is 0 Å². The van der Waals surface area contributed by atoms with Crippen LogP contribution in [-0.4, -0.2) is 85.7 Å². The summed E-state index contributed by atoms with van der Waals surface area (Å²) in [5.74, 6) is -0.843. The molecule has 0 saturated carbocycles. The maximum Gasteiger partial charge on any atom is 0.416 e. The lowest BCUT2D eigenvalue weighted by Gasteiger charge is -2.41. The Morgan fingerprint density at radius 3 is 2.05 bits per heavy atom. The number of fused-ring (bicyclic) bond motifs is 1. The minimum Gasteiger partial charge on any atom is -0.379 e. The molecule has 0 bridgehead atoms. The van der Waals surface area contributed by atoms with Crippen molar-refractivity contribution in [1.29, 1.82) is 0 Å². The number of benzene rings is 3. The van der Waals surface area contributed by atoms with Gasteiger partial charge in [0.15, 0.2) is 0 Å². The SMILES string of the molecule is O=C(c1cc(C(F)(F)F)cc(C(F)(F)F)c1)N1CCN(CC=CCN2CCOCC2)C[C@H]1Cc1ccc2ccccc2c1. The molecule has 2 heterocycles. The summed E-state index contributed by atoms with van der Waals surface area (Å²) in [5, 5.41) is 2.04. The van der Waals surface area contributed by atoms with Crippen molar-refractivity contribution in [2.75, 3.05) is 59.0 Å². The first-order valence-corrected chi connectivity index (χ1v) is 14.2. The molecule has 2 aliphatic heterocycles. The van der Waals surface area contributed by atoms with Crippen molar-refractivity contribution in [3.63, 3.8) is 0 Å². The van der Waals surface area contributed by atoms with E-state index in [-0.39, 0.29) is 12.6 Å². The number of ether oxygens (including phenoxy) is 1. The van der Waals surface area contributed by atoms with Gasteiger partial charge in [-0.25, -0.2) is 0 Å². The van der Waals surface area contributed by atoms with Crippen molar-refractivity contribution in [2.45, 2.75) is 24.8 Å². The summed E-state index contributed by atoms with van der Waals surface area (Å²) in [6.45, 7) is 5.58. The van der Waals surface area contributed by atoms with E-state index in [0.717, 1.165) is 36.0 Å². The van der Waals surface area contributed by atoms with Gasteiger partial charge in [0, 0.05) is 57.4 Å². The van der Waals surface area contributed by atoms with Gasteiger partial charge in [-0.15, -0.1) is 0 Å². The summed E-state index contributed by atoms with van der Waals surface area (Å²) in [4.78, 5) is 19.5. The van der Waals surface area contributed by atoms with Gasteiger partial charge < -0.3 is 9.64 Å². The normalized spacial score (nSPS) is 19.4. The van der Waals surface area contributed by atoms with Crippen LogP contribution in [0.15, 0.2) is 72.8 Å². The van der Waals surface area contributed by atoms with Gasteiger partial charge in [0.25, 0.3) is 5.91 Å². The summed E-state index contributed by atoms with van der Waals surface area (Å²) in [5.41, 5.74) is -2.70. The lowest BCUT2D eigenvalue weighted by atomic mass is 9.97. The molecule has 5 rings (SSSR count). The molecular weight excluding hydrogens is 572 g/mol. The summed E-state index contributed by atoms with van der Waals surface area (Å²) < 4.78 is 86.6. The number of hydrogen-bond donors (Lipinski definition) is 0. The second kappa shape index (κ2) is 13.1. The van der Waals surface area contributed by atoms with E-state index in [1.54, 1.807) is 0 Å². The van der Waals surface area contributed by atoms with Crippen LogP contribution < -0.4 is 0 Å². The number of hydrogen-bond acceptors (Lipinski definition) is 4. The van der Waals surface area contributed by atoms with Gasteiger partial charge in [0.05, 0.1) is 24.3 Å². The smallest absolute Gasteiger partial charge is 0.379 e. The number of carbonyl (C=O) groups excluding carboxylic acids is 1. The molecule has 11 heteroatoms. The summed E-state index contributed by atoms with van der Waals surface area (Å²) in [6, 6.07) is 14.3. The Kier molecular flexibility index (Phi) is 9.43. The first kappa shape index (κ1) is 31.0. The molecule has 0 unspecified atom stereocenters. The largest absolute Gasteiger partial charge is 0.416 e. The number of morpholine rings is 1. The first-order chi connectivity index (χ1) is 20.5. The number of rotatable bonds is 7. The Hall–Kier alpha value is -3.41. The Morgan fingerprint density at radius 2 is 1.40 bits per heavy atom. The lowest BCUT2D eigenvalue weighted by Crippen LogP contribution is -2.56. The lowest BCUT2D eigenvalue weighted by molar-refractivity contribution is -0.143. The minimum atomic E-state index is -5.03. The molecule has 0 radical (unpaired) electrons. The van der Waals surface area contributed by atoms with Gasteiger partial charge in [0.1, 0.15) is 0 Å². The van der Waals surface area contributed by atoms with Gasteiger partial charge in [0.2, 0.25) is 0 Å². The number of piperazine rings is 1. The molecule has 3 aromatic rings. The molecule has 1 amide bonds. The van der Waals surface area contributed by atoms with Gasteiger partial charge in [-0.3, -0.25) is 14.6 Å². The number of halogens is 6. The molecule has 0 aromatic heterocycles. The van der Waals surface area contributed by atoms with E-state index in [9.17, 15) is 31.1 Å². The zero-order valence-corrected chi connectivity index (χ0v) is 23.5. The predicted molar refractivity (Wildman–Crippen MR) is 152 cm³/mol. The third kappa shape index (κ3) is 7.95. The predicted octanol–water partition coefficient (Wildman–Crippen LogP) is 6.13. The van der Waals surface area contributed by atoms with Crippen molar-refractivity contribution < 1.29 is 35.9 Å². The average Bonchev–Trinajstić information content (AvgIpc) is 2.98. The zero-order valence-electron chi connectivity index (χ0n) is 23.5. The van der Waals surface area contributed by atoms with Gasteiger partial charge in [-0.2, -0.15) is 26.3 Å².